The molecule has 302 valence electrons. The van der Waals surface area contributed by atoms with E-state index in [1.807, 2.05) is 41.0 Å². The lowest BCUT2D eigenvalue weighted by atomic mass is 9.53. The standard InChI is InChI=1S/C48H55N5O5/c54-30-31-8-10-37(11-9-31)44-24-41(29-52-18-16-40(17-19-52)53-43-7-2-1-6-42(43)50-47(53)56)57-45(58-44)38-14-12-36(13-15-38)39-5-3-4-32(23-39)28-49-46(55)51-48-25-33-20-34(26-48)22-35(21-33)27-48/h1-15,23,33-35,40-41,44-45,54H,16-22,24-30H2,(H,50,56)(H2,49,51,55). The van der Waals surface area contributed by atoms with Gasteiger partial charge in [-0.1, -0.05) is 78.9 Å². The molecule has 4 saturated carbocycles. The maximum Gasteiger partial charge on any atom is 0.326 e. The Kier molecular flexibility index (Phi) is 10.2. The summed E-state index contributed by atoms with van der Waals surface area (Å²) in [5.74, 6) is 2.37. The van der Waals surface area contributed by atoms with E-state index in [1.165, 1.54) is 19.3 Å². The lowest BCUT2D eigenvalue weighted by Crippen LogP contribution is -2.61. The molecule has 4 aromatic carbocycles. The van der Waals surface area contributed by atoms with E-state index in [2.05, 4.69) is 81.2 Å². The Morgan fingerprint density at radius 2 is 1.48 bits per heavy atom. The normalized spacial score (nSPS) is 28.5. The van der Waals surface area contributed by atoms with E-state index in [-0.39, 0.29) is 42.1 Å². The Morgan fingerprint density at radius 1 is 0.776 bits per heavy atom. The van der Waals surface area contributed by atoms with E-state index in [4.69, 9.17) is 9.47 Å². The van der Waals surface area contributed by atoms with Crippen molar-refractivity contribution in [3.63, 3.8) is 0 Å². The Balaban J connectivity index is 0.794. The van der Waals surface area contributed by atoms with Gasteiger partial charge in [-0.3, -0.25) is 4.57 Å². The van der Waals surface area contributed by atoms with Gasteiger partial charge < -0.3 is 35.1 Å². The molecule has 2 aliphatic heterocycles. The highest BCUT2D eigenvalue weighted by Gasteiger charge is 2.51. The summed E-state index contributed by atoms with van der Waals surface area (Å²) in [6, 6.07) is 32.9. The van der Waals surface area contributed by atoms with Crippen molar-refractivity contribution in [1.82, 2.24) is 25.1 Å². The number of piperidine rings is 1. The number of rotatable bonds is 10. The van der Waals surface area contributed by atoms with E-state index < -0.39 is 6.29 Å². The van der Waals surface area contributed by atoms with Gasteiger partial charge in [-0.05, 0) is 115 Å². The number of nitrogens with one attached hydrogen (secondary N) is 3. The van der Waals surface area contributed by atoms with E-state index in [0.717, 1.165) is 120 Å². The summed E-state index contributed by atoms with van der Waals surface area (Å²) in [6.07, 6.45) is 9.25. The lowest BCUT2D eigenvalue weighted by molar-refractivity contribution is -0.253. The summed E-state index contributed by atoms with van der Waals surface area (Å²) in [6.45, 7) is 3.03. The number of carbonyl (C=O) groups is 1. The molecule has 3 unspecified atom stereocenters. The minimum absolute atomic E-state index is 0.00210. The summed E-state index contributed by atoms with van der Waals surface area (Å²) >= 11 is 0. The second kappa shape index (κ2) is 15.8. The molecule has 4 bridgehead atoms. The van der Waals surface area contributed by atoms with Crippen molar-refractivity contribution in [2.75, 3.05) is 19.6 Å². The van der Waals surface area contributed by atoms with Gasteiger partial charge in [0, 0.05) is 49.7 Å². The number of amides is 2. The molecule has 0 spiro atoms. The monoisotopic (exact) mass is 781 g/mol. The third-order valence-corrected chi connectivity index (χ3v) is 13.9. The zero-order chi connectivity index (χ0) is 39.2. The van der Waals surface area contributed by atoms with Crippen molar-refractivity contribution >= 4 is 17.1 Å². The number of likely N-dealkylation sites (tertiary alicyclic amines) is 1. The quantitative estimate of drug-likeness (QED) is 0.114. The number of carbonyl (C=O) groups excluding carboxylic acids is 1. The van der Waals surface area contributed by atoms with Gasteiger partial charge in [-0.2, -0.15) is 0 Å². The molecular formula is C48H55N5O5. The van der Waals surface area contributed by atoms with Crippen LogP contribution in [0.4, 0.5) is 4.79 Å². The first-order chi connectivity index (χ1) is 28.3. The second-order valence-corrected chi connectivity index (χ2v) is 18.0. The largest absolute Gasteiger partial charge is 0.392 e. The van der Waals surface area contributed by atoms with E-state index in [1.54, 1.807) is 0 Å². The minimum atomic E-state index is -0.541. The van der Waals surface area contributed by atoms with Crippen LogP contribution >= 0.6 is 0 Å². The molecule has 3 heterocycles. The number of hydrogen-bond donors (Lipinski definition) is 4. The zero-order valence-corrected chi connectivity index (χ0v) is 33.2. The van der Waals surface area contributed by atoms with Gasteiger partial charge in [-0.15, -0.1) is 0 Å². The first-order valence-electron chi connectivity index (χ1n) is 21.5. The molecule has 2 saturated heterocycles. The zero-order valence-electron chi connectivity index (χ0n) is 33.2. The molecule has 4 N–H and O–H groups in total. The highest BCUT2D eigenvalue weighted by molar-refractivity contribution is 5.75. The van der Waals surface area contributed by atoms with Gasteiger partial charge >= 0.3 is 11.7 Å². The van der Waals surface area contributed by atoms with Crippen LogP contribution < -0.4 is 16.3 Å². The number of aliphatic hydroxyl groups excluding tert-OH is 1. The molecule has 10 nitrogen and oxygen atoms in total. The Labute approximate surface area is 339 Å². The van der Waals surface area contributed by atoms with Crippen molar-refractivity contribution in [3.05, 3.63) is 130 Å². The summed E-state index contributed by atoms with van der Waals surface area (Å²) in [4.78, 5) is 31.6. The number of fused-ring (bicyclic) bond motifs is 1. The Hall–Kier alpha value is -4.74. The summed E-state index contributed by atoms with van der Waals surface area (Å²) < 4.78 is 15.4. The predicted molar refractivity (Wildman–Crippen MR) is 224 cm³/mol. The number of aromatic nitrogens is 2. The predicted octanol–water partition coefficient (Wildman–Crippen LogP) is 8.14. The number of aliphatic hydroxyl groups is 1. The van der Waals surface area contributed by atoms with Crippen LogP contribution in [0.25, 0.3) is 22.2 Å². The fourth-order valence-corrected chi connectivity index (χ4v) is 11.5. The van der Waals surface area contributed by atoms with Crippen LogP contribution in [0.2, 0.25) is 0 Å². The first-order valence-corrected chi connectivity index (χ1v) is 21.5. The summed E-state index contributed by atoms with van der Waals surface area (Å²) in [5.41, 5.74) is 7.97. The number of hydrogen-bond acceptors (Lipinski definition) is 6. The van der Waals surface area contributed by atoms with Gasteiger partial charge in [0.15, 0.2) is 6.29 Å². The highest BCUT2D eigenvalue weighted by Crippen LogP contribution is 2.55. The van der Waals surface area contributed by atoms with E-state index in [0.29, 0.717) is 6.54 Å². The molecule has 6 aliphatic rings. The summed E-state index contributed by atoms with van der Waals surface area (Å²) in [5, 5.41) is 16.3. The van der Waals surface area contributed by atoms with Crippen molar-refractivity contribution < 1.29 is 19.4 Å². The number of H-pyrrole nitrogens is 1. The van der Waals surface area contributed by atoms with Crippen LogP contribution in [-0.4, -0.2) is 56.9 Å². The van der Waals surface area contributed by atoms with Crippen LogP contribution in [0.1, 0.15) is 98.5 Å². The van der Waals surface area contributed by atoms with Gasteiger partial charge in [0.2, 0.25) is 0 Å². The van der Waals surface area contributed by atoms with Crippen molar-refractivity contribution in [3.8, 4) is 11.1 Å². The third-order valence-electron chi connectivity index (χ3n) is 13.9. The molecule has 4 aliphatic carbocycles. The average Bonchev–Trinajstić information content (AvgIpc) is 3.58. The number of benzene rings is 4. The molecule has 5 aromatic rings. The van der Waals surface area contributed by atoms with Crippen LogP contribution in [-0.2, 0) is 22.6 Å². The molecule has 10 heteroatoms. The second-order valence-electron chi connectivity index (χ2n) is 18.0. The van der Waals surface area contributed by atoms with E-state index in [9.17, 15) is 14.7 Å². The van der Waals surface area contributed by atoms with Crippen molar-refractivity contribution in [1.29, 1.82) is 0 Å². The van der Waals surface area contributed by atoms with Crippen molar-refractivity contribution in [2.45, 2.75) is 101 Å². The lowest BCUT2D eigenvalue weighted by Gasteiger charge is -2.56. The number of para-hydroxylation sites is 2. The number of imidazole rings is 1. The first kappa shape index (κ1) is 37.5. The summed E-state index contributed by atoms with van der Waals surface area (Å²) in [7, 11) is 0. The van der Waals surface area contributed by atoms with Gasteiger partial charge in [0.05, 0.1) is 29.8 Å². The van der Waals surface area contributed by atoms with Crippen LogP contribution in [0.15, 0.2) is 102 Å². The fraction of sp³-hybridized carbons (Fsp3) is 0.458. The average molecular weight is 782 g/mol. The van der Waals surface area contributed by atoms with Crippen LogP contribution in [0.3, 0.4) is 0 Å². The molecule has 58 heavy (non-hydrogen) atoms. The number of nitrogens with zero attached hydrogens (tertiary/aromatic N) is 2. The number of aromatic amines is 1. The topological polar surface area (TPSA) is 121 Å². The molecule has 0 radical (unpaired) electrons. The molecule has 2 amide bonds. The Morgan fingerprint density at radius 3 is 2.21 bits per heavy atom. The molecule has 1 aromatic heterocycles. The molecule has 6 fully saturated rings. The minimum Gasteiger partial charge on any atom is -0.392 e. The highest BCUT2D eigenvalue weighted by atomic mass is 16.7. The van der Waals surface area contributed by atoms with Crippen LogP contribution in [0, 0.1) is 17.8 Å². The van der Waals surface area contributed by atoms with Crippen molar-refractivity contribution in [2.24, 2.45) is 17.8 Å². The number of ether oxygens (including phenoxy) is 2. The SMILES string of the molecule is O=C(NCc1cccc(-c2ccc(C3OC(CN4CCC(n5c(=O)[nH]c6ccccc65)CC4)CC(c4ccc(CO)cc4)O3)cc2)c1)NC12CC3CC(CC(C3)C1)C2. The molecular weight excluding hydrogens is 727 g/mol. The van der Waals surface area contributed by atoms with Gasteiger partial charge in [0.25, 0.3) is 0 Å². The Bertz CT molecular complexity index is 2260. The molecule has 11 rings (SSSR count). The number of urea groups is 1. The third kappa shape index (κ3) is 7.75. The molecule has 3 atom stereocenters. The fourth-order valence-electron chi connectivity index (χ4n) is 11.5. The van der Waals surface area contributed by atoms with Gasteiger partial charge in [-0.25, -0.2) is 9.59 Å². The smallest absolute Gasteiger partial charge is 0.326 e. The maximum absolute atomic E-state index is 13.2. The van der Waals surface area contributed by atoms with E-state index >= 15 is 0 Å². The maximum atomic E-state index is 13.2. The van der Waals surface area contributed by atoms with Crippen LogP contribution in [0.5, 0.6) is 0 Å². The van der Waals surface area contributed by atoms with Gasteiger partial charge in [0.1, 0.15) is 0 Å².